The molecule has 0 saturated carbocycles. The van der Waals surface area contributed by atoms with E-state index in [4.69, 9.17) is 39.5 Å². The van der Waals surface area contributed by atoms with Crippen LogP contribution in [-0.4, -0.2) is 6.61 Å². The standard InChI is InChI=1S/C13H9Cl3OS/c14-11-6-9(13(16)18-11)12(15)8-1-2-10-7(5-8)3-4-17-10/h1-2,5-6,12H,3-4H2. The van der Waals surface area contributed by atoms with Gasteiger partial charge in [0.15, 0.2) is 0 Å². The topological polar surface area (TPSA) is 9.23 Å². The lowest BCUT2D eigenvalue weighted by Gasteiger charge is -2.10. The van der Waals surface area contributed by atoms with E-state index in [0.717, 1.165) is 29.9 Å². The van der Waals surface area contributed by atoms with Gasteiger partial charge in [-0.15, -0.1) is 22.9 Å². The van der Waals surface area contributed by atoms with Crippen molar-refractivity contribution in [1.29, 1.82) is 0 Å². The van der Waals surface area contributed by atoms with Gasteiger partial charge < -0.3 is 4.74 Å². The second-order valence-electron chi connectivity index (χ2n) is 4.11. The molecule has 1 unspecified atom stereocenters. The van der Waals surface area contributed by atoms with Crippen LogP contribution in [0.25, 0.3) is 0 Å². The normalized spacial score (nSPS) is 15.3. The molecule has 1 aromatic heterocycles. The number of ether oxygens (including phenoxy) is 1. The van der Waals surface area contributed by atoms with E-state index in [1.54, 1.807) is 0 Å². The molecular formula is C13H9Cl3OS. The van der Waals surface area contributed by atoms with Gasteiger partial charge >= 0.3 is 0 Å². The first-order valence-electron chi connectivity index (χ1n) is 5.49. The summed E-state index contributed by atoms with van der Waals surface area (Å²) in [7, 11) is 0. The molecule has 1 aliphatic heterocycles. The van der Waals surface area contributed by atoms with Crippen molar-refractivity contribution in [3.63, 3.8) is 0 Å². The van der Waals surface area contributed by atoms with Crippen molar-refractivity contribution in [3.8, 4) is 5.75 Å². The van der Waals surface area contributed by atoms with Gasteiger partial charge in [-0.05, 0) is 23.3 Å². The molecule has 1 aliphatic rings. The summed E-state index contributed by atoms with van der Waals surface area (Å²) in [5, 5.41) is -0.271. The van der Waals surface area contributed by atoms with E-state index in [2.05, 4.69) is 6.07 Å². The van der Waals surface area contributed by atoms with E-state index >= 15 is 0 Å². The lowest BCUT2D eigenvalue weighted by atomic mass is 10.0. The molecule has 0 bridgehead atoms. The Labute approximate surface area is 124 Å². The summed E-state index contributed by atoms with van der Waals surface area (Å²) in [4.78, 5) is 0. The second-order valence-corrected chi connectivity index (χ2v) is 6.83. The monoisotopic (exact) mass is 318 g/mol. The Kier molecular flexibility index (Phi) is 3.46. The Balaban J connectivity index is 1.97. The highest BCUT2D eigenvalue weighted by atomic mass is 35.5. The van der Waals surface area contributed by atoms with Gasteiger partial charge in [0.1, 0.15) is 5.75 Å². The molecule has 0 aliphatic carbocycles. The zero-order chi connectivity index (χ0) is 12.7. The Morgan fingerprint density at radius 1 is 1.22 bits per heavy atom. The maximum absolute atomic E-state index is 6.47. The average Bonchev–Trinajstić information content (AvgIpc) is 2.93. The third kappa shape index (κ3) is 2.23. The SMILES string of the molecule is Clc1cc(C(Cl)c2ccc3c(c2)CCO3)c(Cl)s1. The quantitative estimate of drug-likeness (QED) is 0.681. The molecule has 1 nitrogen and oxygen atoms in total. The predicted molar refractivity (Wildman–Crippen MR) is 77.7 cm³/mol. The van der Waals surface area contributed by atoms with Crippen LogP contribution in [0.4, 0.5) is 0 Å². The van der Waals surface area contributed by atoms with Crippen molar-refractivity contribution < 1.29 is 4.74 Å². The Bertz CT molecular complexity index is 594. The molecule has 0 saturated heterocycles. The number of fused-ring (bicyclic) bond motifs is 1. The van der Waals surface area contributed by atoms with Crippen LogP contribution in [0, 0.1) is 0 Å². The first-order valence-corrected chi connectivity index (χ1v) is 7.50. The number of thiophene rings is 1. The summed E-state index contributed by atoms with van der Waals surface area (Å²) < 4.78 is 6.79. The Hall–Kier alpha value is -0.410. The van der Waals surface area contributed by atoms with E-state index in [0.29, 0.717) is 8.67 Å². The first-order chi connectivity index (χ1) is 8.65. The molecular weight excluding hydrogens is 311 g/mol. The minimum Gasteiger partial charge on any atom is -0.493 e. The molecule has 0 fully saturated rings. The van der Waals surface area contributed by atoms with Crippen LogP contribution >= 0.6 is 46.1 Å². The molecule has 0 amide bonds. The van der Waals surface area contributed by atoms with Crippen molar-refractivity contribution in [3.05, 3.63) is 49.6 Å². The maximum Gasteiger partial charge on any atom is 0.122 e. The van der Waals surface area contributed by atoms with Crippen molar-refractivity contribution >= 4 is 46.1 Å². The second kappa shape index (κ2) is 4.93. The van der Waals surface area contributed by atoms with Crippen LogP contribution in [0.5, 0.6) is 5.75 Å². The molecule has 18 heavy (non-hydrogen) atoms. The maximum atomic E-state index is 6.47. The number of benzene rings is 1. The lowest BCUT2D eigenvalue weighted by molar-refractivity contribution is 0.357. The third-order valence-corrected chi connectivity index (χ3v) is 4.97. The van der Waals surface area contributed by atoms with E-state index in [1.165, 1.54) is 16.9 Å². The molecule has 0 radical (unpaired) electrons. The third-order valence-electron chi connectivity index (χ3n) is 2.96. The summed E-state index contributed by atoms with van der Waals surface area (Å²) in [5.74, 6) is 0.956. The molecule has 94 valence electrons. The molecule has 2 aromatic rings. The highest BCUT2D eigenvalue weighted by Gasteiger charge is 2.20. The molecule has 1 aromatic carbocycles. The average molecular weight is 320 g/mol. The number of hydrogen-bond donors (Lipinski definition) is 0. The molecule has 0 spiro atoms. The fourth-order valence-electron chi connectivity index (χ4n) is 2.07. The summed E-state index contributed by atoms with van der Waals surface area (Å²) in [6.45, 7) is 0.747. The van der Waals surface area contributed by atoms with Gasteiger partial charge in [0.05, 0.1) is 20.7 Å². The van der Waals surface area contributed by atoms with Crippen molar-refractivity contribution in [2.75, 3.05) is 6.61 Å². The van der Waals surface area contributed by atoms with E-state index < -0.39 is 0 Å². The van der Waals surface area contributed by atoms with E-state index in [-0.39, 0.29) is 5.38 Å². The number of halogens is 3. The number of rotatable bonds is 2. The fourth-order valence-corrected chi connectivity index (χ4v) is 4.03. The highest BCUT2D eigenvalue weighted by molar-refractivity contribution is 7.20. The molecule has 2 heterocycles. The van der Waals surface area contributed by atoms with Crippen LogP contribution in [0.1, 0.15) is 22.1 Å². The fraction of sp³-hybridized carbons (Fsp3) is 0.231. The van der Waals surface area contributed by atoms with Gasteiger partial charge in [0, 0.05) is 12.0 Å². The van der Waals surface area contributed by atoms with Crippen LogP contribution in [0.3, 0.4) is 0 Å². The number of alkyl halides is 1. The Morgan fingerprint density at radius 3 is 2.78 bits per heavy atom. The van der Waals surface area contributed by atoms with Crippen LogP contribution in [0.2, 0.25) is 8.67 Å². The van der Waals surface area contributed by atoms with Crippen LogP contribution in [0.15, 0.2) is 24.3 Å². The minimum atomic E-state index is -0.271. The van der Waals surface area contributed by atoms with Gasteiger partial charge in [-0.25, -0.2) is 0 Å². The van der Waals surface area contributed by atoms with Crippen molar-refractivity contribution in [2.24, 2.45) is 0 Å². The highest BCUT2D eigenvalue weighted by Crippen LogP contribution is 2.41. The van der Waals surface area contributed by atoms with Gasteiger partial charge in [0.2, 0.25) is 0 Å². The molecule has 1 atom stereocenters. The summed E-state index contributed by atoms with van der Waals surface area (Å²) in [6, 6.07) is 7.86. The van der Waals surface area contributed by atoms with Gasteiger partial charge in [0.25, 0.3) is 0 Å². The molecule has 5 heteroatoms. The van der Waals surface area contributed by atoms with Gasteiger partial charge in [-0.3, -0.25) is 0 Å². The first kappa shape index (κ1) is 12.6. The molecule has 0 N–H and O–H groups in total. The van der Waals surface area contributed by atoms with Gasteiger partial charge in [-0.1, -0.05) is 35.3 Å². The van der Waals surface area contributed by atoms with Crippen molar-refractivity contribution in [2.45, 2.75) is 11.8 Å². The minimum absolute atomic E-state index is 0.271. The largest absolute Gasteiger partial charge is 0.493 e. The number of hydrogen-bond acceptors (Lipinski definition) is 2. The van der Waals surface area contributed by atoms with Crippen LogP contribution in [-0.2, 0) is 6.42 Å². The van der Waals surface area contributed by atoms with Crippen molar-refractivity contribution in [1.82, 2.24) is 0 Å². The lowest BCUT2D eigenvalue weighted by Crippen LogP contribution is -1.93. The smallest absolute Gasteiger partial charge is 0.122 e. The Morgan fingerprint density at radius 2 is 2.06 bits per heavy atom. The summed E-state index contributed by atoms with van der Waals surface area (Å²) in [6.07, 6.45) is 0.935. The zero-order valence-electron chi connectivity index (χ0n) is 9.25. The summed E-state index contributed by atoms with van der Waals surface area (Å²) in [5.41, 5.74) is 3.10. The zero-order valence-corrected chi connectivity index (χ0v) is 12.3. The van der Waals surface area contributed by atoms with Gasteiger partial charge in [-0.2, -0.15) is 0 Å². The van der Waals surface area contributed by atoms with E-state index in [9.17, 15) is 0 Å². The van der Waals surface area contributed by atoms with Crippen LogP contribution < -0.4 is 4.74 Å². The summed E-state index contributed by atoms with van der Waals surface area (Å²) >= 11 is 19.9. The molecule has 3 rings (SSSR count). The van der Waals surface area contributed by atoms with E-state index in [1.807, 2.05) is 18.2 Å². The predicted octanol–water partition coefficient (Wildman–Crippen LogP) is 5.32.